The normalized spacial score (nSPS) is 11.0. The zero-order chi connectivity index (χ0) is 18.1. The summed E-state index contributed by atoms with van der Waals surface area (Å²) < 4.78 is 7.69. The van der Waals surface area contributed by atoms with Crippen molar-refractivity contribution in [1.82, 2.24) is 14.7 Å². The monoisotopic (exact) mass is 343 g/mol. The number of rotatable bonds is 4. The van der Waals surface area contributed by atoms with Gasteiger partial charge in [0.25, 0.3) is 5.89 Å². The van der Waals surface area contributed by atoms with Crippen LogP contribution in [0.1, 0.15) is 22.3 Å². The summed E-state index contributed by atoms with van der Waals surface area (Å²) in [5.41, 5.74) is 6.93. The molecule has 0 amide bonds. The lowest BCUT2D eigenvalue weighted by molar-refractivity contribution is 0.429. The first-order valence-electron chi connectivity index (χ1n) is 8.72. The van der Waals surface area contributed by atoms with Gasteiger partial charge in [-0.05, 0) is 44.0 Å². The molecule has 0 bridgehead atoms. The second kappa shape index (κ2) is 6.64. The van der Waals surface area contributed by atoms with Gasteiger partial charge in [-0.15, -0.1) is 0 Å². The summed E-state index contributed by atoms with van der Waals surface area (Å²) in [6.07, 6.45) is 2.05. The smallest absolute Gasteiger partial charge is 0.274 e. The third-order valence-corrected chi connectivity index (χ3v) is 4.63. The van der Waals surface area contributed by atoms with E-state index in [9.17, 15) is 0 Å². The summed E-state index contributed by atoms with van der Waals surface area (Å²) >= 11 is 0. The molecule has 4 aromatic rings. The first-order chi connectivity index (χ1) is 12.6. The van der Waals surface area contributed by atoms with Gasteiger partial charge in [-0.1, -0.05) is 58.7 Å². The van der Waals surface area contributed by atoms with Crippen molar-refractivity contribution in [2.24, 2.45) is 0 Å². The number of hydrogen-bond donors (Lipinski definition) is 0. The summed E-state index contributed by atoms with van der Waals surface area (Å²) in [5.74, 6) is 1.15. The SMILES string of the molecule is Cc1ccc(-c2noc(-c3cccn3Cc3cc(C)ccc3C)n2)cc1. The Hall–Kier alpha value is -3.14. The average molecular weight is 343 g/mol. The highest BCUT2D eigenvalue weighted by molar-refractivity contribution is 5.58. The van der Waals surface area contributed by atoms with E-state index >= 15 is 0 Å². The second-order valence-electron chi connectivity index (χ2n) is 6.74. The maximum atomic E-state index is 5.54. The molecule has 0 spiro atoms. The predicted octanol–water partition coefficient (Wildman–Crippen LogP) is 5.18. The van der Waals surface area contributed by atoms with Crippen LogP contribution in [0.2, 0.25) is 0 Å². The van der Waals surface area contributed by atoms with E-state index in [-0.39, 0.29) is 0 Å². The van der Waals surface area contributed by atoms with Gasteiger partial charge in [0.05, 0.1) is 0 Å². The van der Waals surface area contributed by atoms with Crippen LogP contribution in [0.3, 0.4) is 0 Å². The van der Waals surface area contributed by atoms with Crippen LogP contribution in [0.25, 0.3) is 23.0 Å². The summed E-state index contributed by atoms with van der Waals surface area (Å²) in [7, 11) is 0. The topological polar surface area (TPSA) is 43.9 Å². The van der Waals surface area contributed by atoms with E-state index in [1.165, 1.54) is 22.3 Å². The Morgan fingerprint density at radius 1 is 0.923 bits per heavy atom. The van der Waals surface area contributed by atoms with Gasteiger partial charge in [0.15, 0.2) is 0 Å². The van der Waals surface area contributed by atoms with Crippen LogP contribution in [0, 0.1) is 20.8 Å². The lowest BCUT2D eigenvalue weighted by Gasteiger charge is -2.10. The number of benzene rings is 2. The third kappa shape index (κ3) is 3.18. The van der Waals surface area contributed by atoms with E-state index in [1.807, 2.05) is 30.5 Å². The molecule has 0 aliphatic heterocycles. The molecule has 4 nitrogen and oxygen atoms in total. The molecule has 0 atom stereocenters. The number of hydrogen-bond acceptors (Lipinski definition) is 3. The minimum absolute atomic E-state index is 0.538. The highest BCUT2D eigenvalue weighted by atomic mass is 16.5. The van der Waals surface area contributed by atoms with Gasteiger partial charge in [-0.3, -0.25) is 0 Å². The van der Waals surface area contributed by atoms with Crippen molar-refractivity contribution in [3.63, 3.8) is 0 Å². The fraction of sp³-hybridized carbons (Fsp3) is 0.182. The summed E-state index contributed by atoms with van der Waals surface area (Å²) in [5, 5.41) is 4.15. The molecule has 0 N–H and O–H groups in total. The van der Waals surface area contributed by atoms with Crippen molar-refractivity contribution in [1.29, 1.82) is 0 Å². The zero-order valence-corrected chi connectivity index (χ0v) is 15.2. The molecule has 26 heavy (non-hydrogen) atoms. The Balaban J connectivity index is 1.65. The molecule has 4 heteroatoms. The van der Waals surface area contributed by atoms with Crippen molar-refractivity contribution >= 4 is 0 Å². The van der Waals surface area contributed by atoms with Crippen molar-refractivity contribution in [3.05, 3.63) is 83.0 Å². The van der Waals surface area contributed by atoms with E-state index in [4.69, 9.17) is 4.52 Å². The average Bonchev–Trinajstić information content (AvgIpc) is 3.28. The molecule has 0 saturated carbocycles. The molecular formula is C22H21N3O. The lowest BCUT2D eigenvalue weighted by Crippen LogP contribution is -2.02. The molecule has 2 heterocycles. The highest BCUT2D eigenvalue weighted by Crippen LogP contribution is 2.24. The molecule has 4 rings (SSSR count). The van der Waals surface area contributed by atoms with Crippen LogP contribution >= 0.6 is 0 Å². The van der Waals surface area contributed by atoms with Gasteiger partial charge in [0.2, 0.25) is 5.82 Å². The first-order valence-corrected chi connectivity index (χ1v) is 8.72. The molecule has 0 fully saturated rings. The Labute approximate surface area is 153 Å². The van der Waals surface area contributed by atoms with Crippen LogP contribution in [0.5, 0.6) is 0 Å². The summed E-state index contributed by atoms with van der Waals surface area (Å²) in [6, 6.07) is 18.7. The minimum atomic E-state index is 0.538. The molecule has 0 aliphatic rings. The first kappa shape index (κ1) is 16.3. The summed E-state index contributed by atoms with van der Waals surface area (Å²) in [4.78, 5) is 4.60. The van der Waals surface area contributed by atoms with Gasteiger partial charge in [0.1, 0.15) is 5.69 Å². The predicted molar refractivity (Wildman–Crippen MR) is 103 cm³/mol. The molecule has 0 radical (unpaired) electrons. The van der Waals surface area contributed by atoms with Crippen LogP contribution in [-0.4, -0.2) is 14.7 Å². The van der Waals surface area contributed by atoms with Crippen molar-refractivity contribution in [2.45, 2.75) is 27.3 Å². The van der Waals surface area contributed by atoms with Gasteiger partial charge >= 0.3 is 0 Å². The molecule has 2 aromatic carbocycles. The molecule has 0 aliphatic carbocycles. The Kier molecular flexibility index (Phi) is 4.17. The maximum absolute atomic E-state index is 5.54. The van der Waals surface area contributed by atoms with E-state index in [0.717, 1.165) is 17.8 Å². The maximum Gasteiger partial charge on any atom is 0.274 e. The largest absolute Gasteiger partial charge is 0.339 e. The highest BCUT2D eigenvalue weighted by Gasteiger charge is 2.14. The van der Waals surface area contributed by atoms with Crippen LogP contribution in [0.4, 0.5) is 0 Å². The van der Waals surface area contributed by atoms with E-state index < -0.39 is 0 Å². The van der Waals surface area contributed by atoms with Crippen LogP contribution < -0.4 is 0 Å². The fourth-order valence-electron chi connectivity index (χ4n) is 3.05. The van der Waals surface area contributed by atoms with Gasteiger partial charge in [0, 0.05) is 18.3 Å². The zero-order valence-electron chi connectivity index (χ0n) is 15.2. The van der Waals surface area contributed by atoms with Crippen LogP contribution in [0.15, 0.2) is 65.3 Å². The molecule has 130 valence electrons. The second-order valence-corrected chi connectivity index (χ2v) is 6.74. The quantitative estimate of drug-likeness (QED) is 0.513. The third-order valence-electron chi connectivity index (χ3n) is 4.63. The number of aromatic nitrogens is 3. The number of aryl methyl sites for hydroxylation is 3. The van der Waals surface area contributed by atoms with Crippen LogP contribution in [-0.2, 0) is 6.54 Å². The molecular weight excluding hydrogens is 322 g/mol. The lowest BCUT2D eigenvalue weighted by atomic mass is 10.1. The van der Waals surface area contributed by atoms with Crippen molar-refractivity contribution in [2.75, 3.05) is 0 Å². The summed E-state index contributed by atoms with van der Waals surface area (Å²) in [6.45, 7) is 7.09. The van der Waals surface area contributed by atoms with E-state index in [2.05, 4.69) is 65.8 Å². The van der Waals surface area contributed by atoms with Gasteiger partial charge < -0.3 is 9.09 Å². The Morgan fingerprint density at radius 3 is 2.50 bits per heavy atom. The number of nitrogens with zero attached hydrogens (tertiary/aromatic N) is 3. The minimum Gasteiger partial charge on any atom is -0.339 e. The molecule has 0 unspecified atom stereocenters. The Morgan fingerprint density at radius 2 is 1.69 bits per heavy atom. The van der Waals surface area contributed by atoms with Gasteiger partial charge in [-0.2, -0.15) is 4.98 Å². The fourth-order valence-corrected chi connectivity index (χ4v) is 3.05. The van der Waals surface area contributed by atoms with E-state index in [1.54, 1.807) is 0 Å². The van der Waals surface area contributed by atoms with Gasteiger partial charge in [-0.25, -0.2) is 0 Å². The Bertz CT molecular complexity index is 1040. The molecule has 2 aromatic heterocycles. The van der Waals surface area contributed by atoms with E-state index in [0.29, 0.717) is 11.7 Å². The van der Waals surface area contributed by atoms with Crippen molar-refractivity contribution < 1.29 is 4.52 Å². The molecule has 0 saturated heterocycles. The standard InChI is InChI=1S/C22H21N3O/c1-15-7-10-18(11-8-15)21-23-22(26-24-21)20-5-4-12-25(20)14-19-13-16(2)6-9-17(19)3/h4-13H,14H2,1-3H3. The van der Waals surface area contributed by atoms with Crippen molar-refractivity contribution in [3.8, 4) is 23.0 Å².